The number of anilines is 1. The minimum Gasteiger partial charge on any atom is -0.345 e. The fourth-order valence-corrected chi connectivity index (χ4v) is 3.58. The molecule has 0 fully saturated rings. The van der Waals surface area contributed by atoms with Gasteiger partial charge in [-0.25, -0.2) is 0 Å². The molecule has 2 N–H and O–H groups in total. The number of aromatic nitrogens is 1. The molecule has 2 amide bonds. The van der Waals surface area contributed by atoms with Crippen molar-refractivity contribution in [1.82, 2.24) is 10.3 Å². The Balaban J connectivity index is 1.55. The van der Waals surface area contributed by atoms with Crippen molar-refractivity contribution in [1.29, 1.82) is 0 Å². The SMILES string of the molecule is Cc1ccc(NC(=O)CC(NC(=O)c2ccccc2)c2ccccc2)c2cccnc12. The molecule has 3 aromatic carbocycles. The lowest BCUT2D eigenvalue weighted by molar-refractivity contribution is -0.116. The van der Waals surface area contributed by atoms with Gasteiger partial charge in [0.25, 0.3) is 5.91 Å². The van der Waals surface area contributed by atoms with Crippen LogP contribution in [0.3, 0.4) is 0 Å². The average Bonchev–Trinajstić information content (AvgIpc) is 2.82. The van der Waals surface area contributed by atoms with Gasteiger partial charge in [-0.05, 0) is 48.4 Å². The van der Waals surface area contributed by atoms with Gasteiger partial charge in [-0.3, -0.25) is 14.6 Å². The van der Waals surface area contributed by atoms with Gasteiger partial charge in [0.05, 0.1) is 23.7 Å². The van der Waals surface area contributed by atoms with E-state index in [1.807, 2.05) is 79.7 Å². The summed E-state index contributed by atoms with van der Waals surface area (Å²) in [5.74, 6) is -0.400. The van der Waals surface area contributed by atoms with E-state index in [1.54, 1.807) is 18.3 Å². The van der Waals surface area contributed by atoms with Crippen LogP contribution in [0.4, 0.5) is 5.69 Å². The number of amides is 2. The Kier molecular flexibility index (Phi) is 6.03. The summed E-state index contributed by atoms with van der Waals surface area (Å²) < 4.78 is 0. The number of fused-ring (bicyclic) bond motifs is 1. The number of nitrogens with one attached hydrogen (secondary N) is 2. The lowest BCUT2D eigenvalue weighted by atomic mass is 10.0. The Labute approximate surface area is 181 Å². The molecular weight excluding hydrogens is 386 g/mol. The van der Waals surface area contributed by atoms with E-state index in [-0.39, 0.29) is 18.2 Å². The van der Waals surface area contributed by atoms with Gasteiger partial charge >= 0.3 is 0 Å². The first-order valence-electron chi connectivity index (χ1n) is 10.2. The summed E-state index contributed by atoms with van der Waals surface area (Å²) in [4.78, 5) is 30.1. The number of nitrogens with zero attached hydrogens (tertiary/aromatic N) is 1. The fraction of sp³-hybridized carbons (Fsp3) is 0.115. The zero-order valence-electron chi connectivity index (χ0n) is 17.2. The molecule has 0 saturated carbocycles. The molecule has 5 nitrogen and oxygen atoms in total. The summed E-state index contributed by atoms with van der Waals surface area (Å²) in [6, 6.07) is 25.7. The Hall–Kier alpha value is -3.99. The van der Waals surface area contributed by atoms with E-state index in [2.05, 4.69) is 15.6 Å². The number of carbonyl (C=O) groups excluding carboxylic acids is 2. The number of hydrogen-bond donors (Lipinski definition) is 2. The third kappa shape index (κ3) is 4.78. The van der Waals surface area contributed by atoms with Crippen LogP contribution in [-0.2, 0) is 4.79 Å². The third-order valence-electron chi connectivity index (χ3n) is 5.18. The smallest absolute Gasteiger partial charge is 0.251 e. The second kappa shape index (κ2) is 9.22. The summed E-state index contributed by atoms with van der Waals surface area (Å²) in [5, 5.41) is 6.88. The first kappa shape index (κ1) is 20.3. The van der Waals surface area contributed by atoms with Gasteiger partial charge in [0.2, 0.25) is 5.91 Å². The number of hydrogen-bond acceptors (Lipinski definition) is 3. The fourth-order valence-electron chi connectivity index (χ4n) is 3.58. The van der Waals surface area contributed by atoms with Crippen molar-refractivity contribution in [2.45, 2.75) is 19.4 Å². The number of rotatable bonds is 6. The van der Waals surface area contributed by atoms with Crippen molar-refractivity contribution in [3.05, 3.63) is 108 Å². The standard InChI is InChI=1S/C26H23N3O2/c1-18-14-15-22(21-13-8-16-27-25(18)21)28-24(30)17-23(19-9-4-2-5-10-19)29-26(31)20-11-6-3-7-12-20/h2-16,23H,17H2,1H3,(H,28,30)(H,29,31). The molecule has 0 aliphatic heterocycles. The molecule has 4 aromatic rings. The molecule has 1 aromatic heterocycles. The van der Waals surface area contributed by atoms with Crippen LogP contribution in [0.2, 0.25) is 0 Å². The van der Waals surface area contributed by atoms with Crippen molar-refractivity contribution in [3.8, 4) is 0 Å². The molecule has 0 aliphatic rings. The molecule has 154 valence electrons. The topological polar surface area (TPSA) is 71.1 Å². The first-order valence-corrected chi connectivity index (χ1v) is 10.2. The lowest BCUT2D eigenvalue weighted by Crippen LogP contribution is -2.31. The number of carbonyl (C=O) groups is 2. The molecule has 1 unspecified atom stereocenters. The number of benzene rings is 3. The molecule has 0 radical (unpaired) electrons. The normalized spacial score (nSPS) is 11.6. The van der Waals surface area contributed by atoms with Crippen molar-refractivity contribution >= 4 is 28.4 Å². The highest BCUT2D eigenvalue weighted by Crippen LogP contribution is 2.26. The highest BCUT2D eigenvalue weighted by molar-refractivity contribution is 6.02. The van der Waals surface area contributed by atoms with Gasteiger partial charge in [0, 0.05) is 17.1 Å². The van der Waals surface area contributed by atoms with Crippen molar-refractivity contribution in [3.63, 3.8) is 0 Å². The van der Waals surface area contributed by atoms with Crippen molar-refractivity contribution in [2.75, 3.05) is 5.32 Å². The molecule has 0 aliphatic carbocycles. The van der Waals surface area contributed by atoms with E-state index in [0.29, 0.717) is 11.3 Å². The first-order chi connectivity index (χ1) is 15.1. The maximum atomic E-state index is 13.0. The molecule has 0 spiro atoms. The average molecular weight is 409 g/mol. The highest BCUT2D eigenvalue weighted by atomic mass is 16.2. The van der Waals surface area contributed by atoms with E-state index in [9.17, 15) is 9.59 Å². The lowest BCUT2D eigenvalue weighted by Gasteiger charge is -2.19. The Morgan fingerprint density at radius 2 is 1.58 bits per heavy atom. The number of aryl methyl sites for hydroxylation is 1. The predicted octanol–water partition coefficient (Wildman–Crippen LogP) is 5.04. The van der Waals surface area contributed by atoms with Crippen LogP contribution < -0.4 is 10.6 Å². The van der Waals surface area contributed by atoms with E-state index < -0.39 is 6.04 Å². The van der Waals surface area contributed by atoms with Crippen molar-refractivity contribution < 1.29 is 9.59 Å². The molecule has 0 saturated heterocycles. The molecule has 4 rings (SSSR count). The second-order valence-corrected chi connectivity index (χ2v) is 7.38. The summed E-state index contributed by atoms with van der Waals surface area (Å²) in [6.07, 6.45) is 1.85. The minimum atomic E-state index is -0.455. The van der Waals surface area contributed by atoms with Crippen LogP contribution in [0.1, 0.15) is 33.9 Å². The summed E-state index contributed by atoms with van der Waals surface area (Å²) >= 11 is 0. The van der Waals surface area contributed by atoms with Gasteiger partial charge in [-0.15, -0.1) is 0 Å². The number of pyridine rings is 1. The maximum Gasteiger partial charge on any atom is 0.251 e. The second-order valence-electron chi connectivity index (χ2n) is 7.38. The zero-order chi connectivity index (χ0) is 21.6. The maximum absolute atomic E-state index is 13.0. The summed E-state index contributed by atoms with van der Waals surface area (Å²) in [5.41, 5.74) is 4.04. The summed E-state index contributed by atoms with van der Waals surface area (Å²) in [7, 11) is 0. The Morgan fingerprint density at radius 1 is 0.871 bits per heavy atom. The largest absolute Gasteiger partial charge is 0.345 e. The van der Waals surface area contributed by atoms with E-state index in [4.69, 9.17) is 0 Å². The molecule has 1 atom stereocenters. The monoisotopic (exact) mass is 409 g/mol. The minimum absolute atomic E-state index is 0.109. The quantitative estimate of drug-likeness (QED) is 0.468. The van der Waals surface area contributed by atoms with Crippen LogP contribution in [0.25, 0.3) is 10.9 Å². The third-order valence-corrected chi connectivity index (χ3v) is 5.18. The van der Waals surface area contributed by atoms with Crippen LogP contribution in [0.5, 0.6) is 0 Å². The predicted molar refractivity (Wildman–Crippen MR) is 123 cm³/mol. The molecule has 5 heteroatoms. The molecule has 1 heterocycles. The van der Waals surface area contributed by atoms with Gasteiger partial charge in [0.15, 0.2) is 0 Å². The van der Waals surface area contributed by atoms with Gasteiger partial charge in [-0.1, -0.05) is 54.6 Å². The zero-order valence-corrected chi connectivity index (χ0v) is 17.2. The van der Waals surface area contributed by atoms with Gasteiger partial charge in [-0.2, -0.15) is 0 Å². The molecule has 31 heavy (non-hydrogen) atoms. The molecule has 0 bridgehead atoms. The summed E-state index contributed by atoms with van der Waals surface area (Å²) in [6.45, 7) is 1.99. The van der Waals surface area contributed by atoms with Gasteiger partial charge in [0.1, 0.15) is 0 Å². The highest BCUT2D eigenvalue weighted by Gasteiger charge is 2.20. The van der Waals surface area contributed by atoms with Crippen LogP contribution in [0.15, 0.2) is 91.1 Å². The van der Waals surface area contributed by atoms with E-state index in [1.165, 1.54) is 0 Å². The van der Waals surface area contributed by atoms with Gasteiger partial charge < -0.3 is 10.6 Å². The molecular formula is C26H23N3O2. The Morgan fingerprint density at radius 3 is 2.32 bits per heavy atom. The van der Waals surface area contributed by atoms with Crippen LogP contribution >= 0.6 is 0 Å². The Bertz CT molecular complexity index is 1210. The van der Waals surface area contributed by atoms with Crippen LogP contribution in [-0.4, -0.2) is 16.8 Å². The van der Waals surface area contributed by atoms with Crippen molar-refractivity contribution in [2.24, 2.45) is 0 Å². The van der Waals surface area contributed by atoms with E-state index >= 15 is 0 Å². The van der Waals surface area contributed by atoms with Crippen LogP contribution in [0, 0.1) is 6.92 Å². The van der Waals surface area contributed by atoms with E-state index in [0.717, 1.165) is 22.0 Å².